The van der Waals surface area contributed by atoms with E-state index in [9.17, 15) is 9.59 Å². The van der Waals surface area contributed by atoms with Crippen LogP contribution in [0.1, 0.15) is 27.6 Å². The quantitative estimate of drug-likeness (QED) is 0.369. The Morgan fingerprint density at radius 1 is 1.25 bits per heavy atom. The number of H-pyrrole nitrogens is 1. The standard InChI is InChI=1S/C17H18N6O4.ClH/c1-3-27-17(25)9-7-10-14(20-13(9)19)22-23-15(10)21-16(24)8-4-5-12(26-2)11(18)6-8;/h4-7H,3,18H2,1-2H3,(H4,19,20,21,22,23,24);1H. The molecule has 0 aliphatic rings. The fraction of sp³-hybridized carbons (Fsp3) is 0.176. The number of nitrogen functional groups attached to an aromatic ring is 2. The molecule has 0 saturated carbocycles. The largest absolute Gasteiger partial charge is 0.495 e. The molecule has 0 saturated heterocycles. The van der Waals surface area contributed by atoms with Gasteiger partial charge in [0.05, 0.1) is 24.8 Å². The van der Waals surface area contributed by atoms with E-state index in [-0.39, 0.29) is 36.2 Å². The number of ether oxygens (including phenoxy) is 2. The number of anilines is 3. The monoisotopic (exact) mass is 406 g/mol. The molecule has 10 nitrogen and oxygen atoms in total. The lowest BCUT2D eigenvalue weighted by molar-refractivity contribution is 0.0527. The van der Waals surface area contributed by atoms with Crippen LogP contribution in [0.5, 0.6) is 5.75 Å². The molecule has 3 aromatic rings. The average molecular weight is 407 g/mol. The molecule has 11 heteroatoms. The van der Waals surface area contributed by atoms with E-state index in [1.165, 1.54) is 19.2 Å². The molecular formula is C17H19ClN6O4. The van der Waals surface area contributed by atoms with Crippen molar-refractivity contribution in [3.05, 3.63) is 35.4 Å². The number of hydrogen-bond acceptors (Lipinski definition) is 8. The van der Waals surface area contributed by atoms with E-state index in [0.717, 1.165) is 0 Å². The van der Waals surface area contributed by atoms with Crippen LogP contribution in [-0.4, -0.2) is 40.8 Å². The highest BCUT2D eigenvalue weighted by molar-refractivity contribution is 6.09. The maximum absolute atomic E-state index is 12.5. The molecule has 2 heterocycles. The van der Waals surface area contributed by atoms with Gasteiger partial charge < -0.3 is 26.3 Å². The van der Waals surface area contributed by atoms with Crippen LogP contribution >= 0.6 is 12.4 Å². The van der Waals surface area contributed by atoms with E-state index in [2.05, 4.69) is 20.5 Å². The van der Waals surface area contributed by atoms with E-state index in [4.69, 9.17) is 20.9 Å². The SMILES string of the molecule is CCOC(=O)c1cc2c(NC(=O)c3ccc(OC)c(N)c3)n[nH]c2nc1N.Cl. The zero-order chi connectivity index (χ0) is 19.6. The topological polar surface area (TPSA) is 158 Å². The van der Waals surface area contributed by atoms with Gasteiger partial charge >= 0.3 is 5.97 Å². The normalized spacial score (nSPS) is 10.2. The van der Waals surface area contributed by atoms with E-state index < -0.39 is 11.9 Å². The number of amides is 1. The molecule has 0 unspecified atom stereocenters. The lowest BCUT2D eigenvalue weighted by atomic mass is 10.1. The second-order valence-electron chi connectivity index (χ2n) is 5.52. The summed E-state index contributed by atoms with van der Waals surface area (Å²) in [5.74, 6) is -0.374. The number of benzene rings is 1. The maximum atomic E-state index is 12.5. The third-order valence-electron chi connectivity index (χ3n) is 3.80. The van der Waals surface area contributed by atoms with Crippen molar-refractivity contribution in [1.82, 2.24) is 15.2 Å². The summed E-state index contributed by atoms with van der Waals surface area (Å²) in [5.41, 5.74) is 12.7. The fourth-order valence-corrected chi connectivity index (χ4v) is 2.49. The first kappa shape index (κ1) is 20.8. The van der Waals surface area contributed by atoms with Gasteiger partial charge in [-0.05, 0) is 31.2 Å². The first-order valence-electron chi connectivity index (χ1n) is 8.01. The summed E-state index contributed by atoms with van der Waals surface area (Å²) in [7, 11) is 1.49. The number of carbonyl (C=O) groups excluding carboxylic acids is 2. The third-order valence-corrected chi connectivity index (χ3v) is 3.80. The second kappa shape index (κ2) is 8.44. The van der Waals surface area contributed by atoms with Gasteiger partial charge in [-0.1, -0.05) is 0 Å². The summed E-state index contributed by atoms with van der Waals surface area (Å²) >= 11 is 0. The highest BCUT2D eigenvalue weighted by Gasteiger charge is 2.18. The van der Waals surface area contributed by atoms with Crippen LogP contribution in [0.15, 0.2) is 24.3 Å². The second-order valence-corrected chi connectivity index (χ2v) is 5.52. The highest BCUT2D eigenvalue weighted by Crippen LogP contribution is 2.26. The summed E-state index contributed by atoms with van der Waals surface area (Å²) < 4.78 is 10.0. The lowest BCUT2D eigenvalue weighted by Gasteiger charge is -2.08. The average Bonchev–Trinajstić information content (AvgIpc) is 3.02. The number of carbonyl (C=O) groups is 2. The zero-order valence-corrected chi connectivity index (χ0v) is 15.9. The van der Waals surface area contributed by atoms with Crippen molar-refractivity contribution in [2.24, 2.45) is 0 Å². The molecule has 148 valence electrons. The van der Waals surface area contributed by atoms with Crippen molar-refractivity contribution >= 4 is 52.6 Å². The van der Waals surface area contributed by atoms with Gasteiger partial charge in [-0.3, -0.25) is 9.89 Å². The van der Waals surface area contributed by atoms with Crippen LogP contribution in [0.4, 0.5) is 17.3 Å². The molecule has 1 amide bonds. The molecule has 6 N–H and O–H groups in total. The Kier molecular flexibility index (Phi) is 6.26. The van der Waals surface area contributed by atoms with Gasteiger partial charge in [0.1, 0.15) is 17.1 Å². The molecule has 3 rings (SSSR count). The van der Waals surface area contributed by atoms with Crippen LogP contribution in [0, 0.1) is 0 Å². The Morgan fingerprint density at radius 2 is 2.00 bits per heavy atom. The molecule has 0 aliphatic heterocycles. The number of hydrogen-bond donors (Lipinski definition) is 4. The third kappa shape index (κ3) is 3.91. The zero-order valence-electron chi connectivity index (χ0n) is 15.1. The number of nitrogens with zero attached hydrogens (tertiary/aromatic N) is 2. The van der Waals surface area contributed by atoms with Crippen molar-refractivity contribution in [3.8, 4) is 5.75 Å². The van der Waals surface area contributed by atoms with Crippen molar-refractivity contribution in [2.75, 3.05) is 30.5 Å². The van der Waals surface area contributed by atoms with Gasteiger partial charge in [0.2, 0.25) is 0 Å². The number of aromatic amines is 1. The number of pyridine rings is 1. The van der Waals surface area contributed by atoms with Gasteiger partial charge in [0, 0.05) is 5.56 Å². The van der Waals surface area contributed by atoms with Crippen molar-refractivity contribution in [3.63, 3.8) is 0 Å². The number of fused-ring (bicyclic) bond motifs is 1. The summed E-state index contributed by atoms with van der Waals surface area (Å²) in [4.78, 5) is 28.6. The predicted molar refractivity (Wildman–Crippen MR) is 107 cm³/mol. The highest BCUT2D eigenvalue weighted by atomic mass is 35.5. The number of methoxy groups -OCH3 is 1. The molecule has 0 bridgehead atoms. The Hall–Kier alpha value is -3.53. The number of rotatable bonds is 5. The smallest absolute Gasteiger partial charge is 0.341 e. The van der Waals surface area contributed by atoms with Crippen molar-refractivity contribution in [1.29, 1.82) is 0 Å². The number of halogens is 1. The summed E-state index contributed by atoms with van der Waals surface area (Å²) in [6, 6.07) is 6.12. The molecule has 0 radical (unpaired) electrons. The number of nitrogens with one attached hydrogen (secondary N) is 2. The van der Waals surface area contributed by atoms with Crippen molar-refractivity contribution in [2.45, 2.75) is 6.92 Å². The minimum absolute atomic E-state index is 0. The van der Waals surface area contributed by atoms with Crippen LogP contribution in [0.25, 0.3) is 11.0 Å². The minimum atomic E-state index is -0.606. The lowest BCUT2D eigenvalue weighted by Crippen LogP contribution is -2.13. The number of nitrogens with two attached hydrogens (primary N) is 2. The first-order valence-corrected chi connectivity index (χ1v) is 8.01. The van der Waals surface area contributed by atoms with Gasteiger partial charge in [-0.25, -0.2) is 9.78 Å². The van der Waals surface area contributed by atoms with Crippen LogP contribution in [-0.2, 0) is 4.74 Å². The molecule has 0 fully saturated rings. The van der Waals surface area contributed by atoms with Gasteiger partial charge in [-0.15, -0.1) is 12.4 Å². The molecule has 0 spiro atoms. The van der Waals surface area contributed by atoms with Crippen LogP contribution in [0.3, 0.4) is 0 Å². The fourth-order valence-electron chi connectivity index (χ4n) is 2.49. The Labute approximate surface area is 166 Å². The minimum Gasteiger partial charge on any atom is -0.495 e. The Bertz CT molecular complexity index is 1040. The predicted octanol–water partition coefficient (Wildman–Crippen LogP) is 1.98. The van der Waals surface area contributed by atoms with Crippen LogP contribution in [0.2, 0.25) is 0 Å². The molecule has 28 heavy (non-hydrogen) atoms. The van der Waals surface area contributed by atoms with Gasteiger partial charge in [0.15, 0.2) is 11.5 Å². The molecular weight excluding hydrogens is 388 g/mol. The molecule has 0 atom stereocenters. The maximum Gasteiger partial charge on any atom is 0.341 e. The molecule has 2 aromatic heterocycles. The summed E-state index contributed by atoms with van der Waals surface area (Å²) in [6.45, 7) is 1.88. The summed E-state index contributed by atoms with van der Waals surface area (Å²) in [6.07, 6.45) is 0. The number of esters is 1. The number of aromatic nitrogens is 3. The van der Waals surface area contributed by atoms with Crippen LogP contribution < -0.4 is 21.5 Å². The Balaban J connectivity index is 0.00000280. The van der Waals surface area contributed by atoms with E-state index >= 15 is 0 Å². The first-order chi connectivity index (χ1) is 12.9. The van der Waals surface area contributed by atoms with Gasteiger partial charge in [-0.2, -0.15) is 5.10 Å². The molecule has 1 aromatic carbocycles. The molecule has 0 aliphatic carbocycles. The summed E-state index contributed by atoms with van der Waals surface area (Å²) in [5, 5.41) is 9.75. The van der Waals surface area contributed by atoms with E-state index in [0.29, 0.717) is 28.0 Å². The Morgan fingerprint density at radius 3 is 2.64 bits per heavy atom. The van der Waals surface area contributed by atoms with E-state index in [1.807, 2.05) is 0 Å². The van der Waals surface area contributed by atoms with Gasteiger partial charge in [0.25, 0.3) is 5.91 Å². The van der Waals surface area contributed by atoms with E-state index in [1.54, 1.807) is 19.1 Å². The van der Waals surface area contributed by atoms with Crippen molar-refractivity contribution < 1.29 is 19.1 Å².